The summed E-state index contributed by atoms with van der Waals surface area (Å²) in [4.78, 5) is 34.8. The van der Waals surface area contributed by atoms with Crippen molar-refractivity contribution in [1.82, 2.24) is 24.4 Å². The molecule has 0 bridgehead atoms. The molecule has 0 aliphatic heterocycles. The number of aromatic hydroxyl groups is 1. The summed E-state index contributed by atoms with van der Waals surface area (Å²) in [5.41, 5.74) is 3.28. The molecule has 10 nitrogen and oxygen atoms in total. The first-order valence-corrected chi connectivity index (χ1v) is 13.5. The highest BCUT2D eigenvalue weighted by atomic mass is 35.5. The van der Waals surface area contributed by atoms with E-state index in [-0.39, 0.29) is 18.1 Å². The van der Waals surface area contributed by atoms with Crippen molar-refractivity contribution >= 4 is 62.8 Å². The molecule has 6 aromatic rings. The van der Waals surface area contributed by atoms with E-state index < -0.39 is 18.5 Å². The topological polar surface area (TPSA) is 127 Å². The van der Waals surface area contributed by atoms with Crippen LogP contribution >= 0.6 is 23.2 Å². The van der Waals surface area contributed by atoms with E-state index in [1.165, 1.54) is 4.57 Å². The molecule has 12 heteroatoms. The van der Waals surface area contributed by atoms with E-state index in [1.807, 2.05) is 18.2 Å². The quantitative estimate of drug-likeness (QED) is 0.200. The second-order valence-electron chi connectivity index (χ2n) is 9.25. The minimum absolute atomic E-state index is 0.128. The highest BCUT2D eigenvalue weighted by Gasteiger charge is 2.20. The van der Waals surface area contributed by atoms with E-state index >= 15 is 0 Å². The zero-order valence-corrected chi connectivity index (χ0v) is 23.3. The molecule has 0 fully saturated rings. The number of amides is 2. The molecular formula is C30H21Cl2N7O3. The van der Waals surface area contributed by atoms with Crippen LogP contribution in [0.3, 0.4) is 0 Å². The number of benzene rings is 3. The van der Waals surface area contributed by atoms with E-state index in [9.17, 15) is 14.7 Å². The number of nitrogens with zero attached hydrogens (tertiary/aromatic N) is 6. The van der Waals surface area contributed by atoms with Gasteiger partial charge < -0.3 is 15.0 Å². The van der Waals surface area contributed by atoms with Crippen molar-refractivity contribution in [2.24, 2.45) is 10.2 Å². The second kappa shape index (κ2) is 11.4. The summed E-state index contributed by atoms with van der Waals surface area (Å²) < 4.78 is 3.00. The smallest absolute Gasteiger partial charge is 0.328 e. The highest BCUT2D eigenvalue weighted by molar-refractivity contribution is 6.42. The van der Waals surface area contributed by atoms with Gasteiger partial charge in [-0.05, 0) is 48.0 Å². The molecule has 6 rings (SSSR count). The van der Waals surface area contributed by atoms with E-state index in [2.05, 4.69) is 25.5 Å². The van der Waals surface area contributed by atoms with Crippen LogP contribution in [0.2, 0.25) is 10.0 Å². The SMILES string of the molecule is O=C(CNC(=O)n1c(-c2ccccn2)nc2ccccc21)N=Nc1c(O)n(Cc2ccc(Cl)c(Cl)c2)c2ccccc12. The summed E-state index contributed by atoms with van der Waals surface area (Å²) in [7, 11) is 0. The maximum Gasteiger partial charge on any atom is 0.328 e. The fourth-order valence-electron chi connectivity index (χ4n) is 4.62. The van der Waals surface area contributed by atoms with Gasteiger partial charge in [0.05, 0.1) is 33.1 Å². The zero-order chi connectivity index (χ0) is 29.2. The van der Waals surface area contributed by atoms with Crippen molar-refractivity contribution in [2.75, 3.05) is 6.54 Å². The number of para-hydroxylation sites is 3. The van der Waals surface area contributed by atoms with Crippen LogP contribution in [0.15, 0.2) is 101 Å². The standard InChI is InChI=1S/C30H21Cl2N7O3/c31-20-13-12-18(15-21(20)32)17-38-24-10-3-1-7-19(24)27(29(38)41)37-36-26(40)16-34-30(42)39-25-11-4-2-8-22(25)35-28(39)23-9-5-6-14-33-23/h1-15,41H,16-17H2,(H,34,42). The minimum Gasteiger partial charge on any atom is -0.493 e. The summed E-state index contributed by atoms with van der Waals surface area (Å²) in [5, 5.41) is 22.9. The highest BCUT2D eigenvalue weighted by Crippen LogP contribution is 2.39. The second-order valence-corrected chi connectivity index (χ2v) is 10.1. The molecule has 0 spiro atoms. The van der Waals surface area contributed by atoms with Crippen LogP contribution in [-0.2, 0) is 11.3 Å². The number of carbonyl (C=O) groups is 2. The van der Waals surface area contributed by atoms with Gasteiger partial charge in [-0.3, -0.25) is 9.78 Å². The molecule has 3 aromatic heterocycles. The van der Waals surface area contributed by atoms with Crippen LogP contribution in [0.4, 0.5) is 10.5 Å². The van der Waals surface area contributed by atoms with Gasteiger partial charge in [0, 0.05) is 11.6 Å². The fourth-order valence-corrected chi connectivity index (χ4v) is 4.94. The van der Waals surface area contributed by atoms with Gasteiger partial charge in [-0.1, -0.05) is 65.7 Å². The summed E-state index contributed by atoms with van der Waals surface area (Å²) >= 11 is 12.2. The lowest BCUT2D eigenvalue weighted by molar-refractivity contribution is -0.117. The Balaban J connectivity index is 1.23. The van der Waals surface area contributed by atoms with Crippen LogP contribution in [-0.4, -0.2) is 42.7 Å². The lowest BCUT2D eigenvalue weighted by Gasteiger charge is -2.08. The van der Waals surface area contributed by atoms with Gasteiger partial charge in [-0.15, -0.1) is 10.2 Å². The Bertz CT molecular complexity index is 2000. The molecular weight excluding hydrogens is 577 g/mol. The number of fused-ring (bicyclic) bond motifs is 2. The molecule has 2 amide bonds. The molecule has 42 heavy (non-hydrogen) atoms. The third kappa shape index (κ3) is 5.20. The Morgan fingerprint density at radius 2 is 1.67 bits per heavy atom. The third-order valence-corrected chi connectivity index (χ3v) is 7.29. The number of imidazole rings is 1. The van der Waals surface area contributed by atoms with Gasteiger partial charge >= 0.3 is 6.03 Å². The number of azo groups is 1. The Kier molecular flexibility index (Phi) is 7.39. The molecule has 0 saturated heterocycles. The number of aromatic nitrogens is 4. The number of nitrogens with one attached hydrogen (secondary N) is 1. The fraction of sp³-hybridized carbons (Fsp3) is 0.0667. The summed E-state index contributed by atoms with van der Waals surface area (Å²) in [6.07, 6.45) is 1.61. The van der Waals surface area contributed by atoms with Crippen LogP contribution in [0.5, 0.6) is 5.88 Å². The molecule has 0 atom stereocenters. The largest absolute Gasteiger partial charge is 0.493 e. The minimum atomic E-state index is -0.715. The molecule has 208 valence electrons. The van der Waals surface area contributed by atoms with E-state index in [0.29, 0.717) is 43.5 Å². The number of halogens is 2. The van der Waals surface area contributed by atoms with Crippen molar-refractivity contribution in [1.29, 1.82) is 0 Å². The predicted molar refractivity (Wildman–Crippen MR) is 160 cm³/mol. The molecule has 0 aliphatic carbocycles. The Morgan fingerprint density at radius 3 is 2.45 bits per heavy atom. The number of rotatable bonds is 6. The Morgan fingerprint density at radius 1 is 0.905 bits per heavy atom. The first kappa shape index (κ1) is 27.1. The van der Waals surface area contributed by atoms with E-state index in [4.69, 9.17) is 23.2 Å². The number of hydrogen-bond acceptors (Lipinski definition) is 6. The van der Waals surface area contributed by atoms with Gasteiger partial charge in [0.25, 0.3) is 5.91 Å². The first-order valence-electron chi connectivity index (χ1n) is 12.8. The average Bonchev–Trinajstić information content (AvgIpc) is 3.52. The van der Waals surface area contributed by atoms with Gasteiger partial charge in [-0.2, -0.15) is 0 Å². The van der Waals surface area contributed by atoms with E-state index in [0.717, 1.165) is 5.56 Å². The van der Waals surface area contributed by atoms with Crippen molar-refractivity contribution in [3.05, 3.63) is 107 Å². The van der Waals surface area contributed by atoms with Gasteiger partial charge in [0.1, 0.15) is 12.2 Å². The molecule has 0 saturated carbocycles. The number of carbonyl (C=O) groups excluding carboxylic acids is 2. The first-order chi connectivity index (χ1) is 20.4. The average molecular weight is 598 g/mol. The lowest BCUT2D eigenvalue weighted by atomic mass is 10.2. The molecule has 3 heterocycles. The van der Waals surface area contributed by atoms with Crippen molar-refractivity contribution in [3.63, 3.8) is 0 Å². The Labute approximate surface area is 248 Å². The lowest BCUT2D eigenvalue weighted by Crippen LogP contribution is -2.32. The van der Waals surface area contributed by atoms with Crippen LogP contribution in [0.25, 0.3) is 33.5 Å². The van der Waals surface area contributed by atoms with Gasteiger partial charge in [-0.25, -0.2) is 14.3 Å². The maximum absolute atomic E-state index is 13.2. The van der Waals surface area contributed by atoms with Crippen molar-refractivity contribution in [3.8, 4) is 17.4 Å². The summed E-state index contributed by atoms with van der Waals surface area (Å²) in [6, 6.07) is 24.3. The number of hydrogen-bond donors (Lipinski definition) is 2. The Hall–Kier alpha value is -5.06. The summed E-state index contributed by atoms with van der Waals surface area (Å²) in [5.74, 6) is -0.552. The maximum atomic E-state index is 13.2. The summed E-state index contributed by atoms with van der Waals surface area (Å²) in [6.45, 7) is -0.153. The van der Waals surface area contributed by atoms with Gasteiger partial charge in [0.2, 0.25) is 5.88 Å². The molecule has 0 unspecified atom stereocenters. The molecule has 0 radical (unpaired) electrons. The predicted octanol–water partition coefficient (Wildman–Crippen LogP) is 6.98. The van der Waals surface area contributed by atoms with Crippen LogP contribution < -0.4 is 5.32 Å². The normalized spacial score (nSPS) is 11.5. The molecule has 3 aromatic carbocycles. The van der Waals surface area contributed by atoms with Crippen molar-refractivity contribution in [2.45, 2.75) is 6.54 Å². The zero-order valence-electron chi connectivity index (χ0n) is 21.8. The molecule has 0 aliphatic rings. The van der Waals surface area contributed by atoms with E-state index in [1.54, 1.807) is 77.5 Å². The van der Waals surface area contributed by atoms with Crippen LogP contribution in [0.1, 0.15) is 5.56 Å². The number of pyridine rings is 1. The third-order valence-electron chi connectivity index (χ3n) is 6.55. The van der Waals surface area contributed by atoms with Gasteiger partial charge in [0.15, 0.2) is 11.5 Å². The van der Waals surface area contributed by atoms with Crippen LogP contribution in [0, 0.1) is 0 Å². The molecule has 2 N–H and O–H groups in total. The monoisotopic (exact) mass is 597 g/mol. The van der Waals surface area contributed by atoms with Crippen molar-refractivity contribution < 1.29 is 14.7 Å².